The maximum Gasteiger partial charge on any atom is 0.299 e. The Hall–Kier alpha value is -1.85. The first-order valence-corrected chi connectivity index (χ1v) is 12.3. The van der Waals surface area contributed by atoms with Crippen LogP contribution in [0.15, 0.2) is 79.4 Å². The zero-order valence-electron chi connectivity index (χ0n) is 19.2. The summed E-state index contributed by atoms with van der Waals surface area (Å²) in [6.07, 6.45) is 0. The van der Waals surface area contributed by atoms with Crippen LogP contribution < -0.4 is 5.56 Å². The molecule has 1 aromatic heterocycles. The predicted molar refractivity (Wildman–Crippen MR) is 132 cm³/mol. The van der Waals surface area contributed by atoms with E-state index >= 15 is 0 Å². The molecular weight excluding hydrogens is 534 g/mol. The quantitative estimate of drug-likeness (QED) is 0.165. The first-order valence-electron chi connectivity index (χ1n) is 9.41. The van der Waals surface area contributed by atoms with Crippen molar-refractivity contribution in [1.82, 2.24) is 9.78 Å². The summed E-state index contributed by atoms with van der Waals surface area (Å²) in [5.41, 5.74) is -0.644. The van der Waals surface area contributed by atoms with Gasteiger partial charge in [0.15, 0.2) is 5.69 Å². The summed E-state index contributed by atoms with van der Waals surface area (Å²) in [5, 5.41) is 21.2. The number of azo groups is 1. The molecule has 16 heteroatoms. The van der Waals surface area contributed by atoms with E-state index in [9.17, 15) is 35.8 Å². The van der Waals surface area contributed by atoms with Gasteiger partial charge in [0, 0.05) is 76.0 Å². The molecule has 0 aliphatic carbocycles. The number of fused-ring (bicyclic) bond motifs is 1. The van der Waals surface area contributed by atoms with E-state index in [0.29, 0.717) is 0 Å². The second kappa shape index (κ2) is 11.3. The fourth-order valence-corrected chi connectivity index (χ4v) is 4.59. The van der Waals surface area contributed by atoms with Gasteiger partial charge in [-0.05, 0) is 25.1 Å². The van der Waals surface area contributed by atoms with E-state index < -0.39 is 41.3 Å². The summed E-state index contributed by atoms with van der Waals surface area (Å²) in [4.78, 5) is 12.0. The van der Waals surface area contributed by atoms with Crippen LogP contribution in [0.2, 0.25) is 0 Å². The summed E-state index contributed by atoms with van der Waals surface area (Å²) in [7, 11) is -9.14. The van der Waals surface area contributed by atoms with Crippen molar-refractivity contribution in [2.75, 3.05) is 0 Å². The maximum atomic E-state index is 12.9. The molecule has 0 aliphatic rings. The molecule has 0 unspecified atom stereocenters. The number of H-pyrrole nitrogens is 1. The minimum atomic E-state index is -4.64. The molecular formula is C20H16N4Na2O8S2. The van der Waals surface area contributed by atoms with Crippen LogP contribution in [0.3, 0.4) is 0 Å². The molecule has 0 amide bonds. The molecule has 1 heterocycles. The predicted octanol–water partition coefficient (Wildman–Crippen LogP) is 2.48. The Bertz CT molecular complexity index is 1760. The van der Waals surface area contributed by atoms with Gasteiger partial charge in [-0.2, -0.15) is 16.8 Å². The van der Waals surface area contributed by atoms with Gasteiger partial charge < -0.3 is 5.11 Å². The number of phenolic OH excluding ortho intramolecular Hbond substituents is 1. The minimum Gasteiger partial charge on any atom is -0.506 e. The van der Waals surface area contributed by atoms with Crippen molar-refractivity contribution in [3.63, 3.8) is 0 Å². The molecule has 0 saturated heterocycles. The number of aromatic amines is 1. The standard InChI is InChI=1S/C20H16N4O8S2.2Na/c1-11-18(20(26)24(23-11)12-5-4-6-13(9-12)33(27,28)29)21-22-19-15-8-3-2-7-14(15)17(10-16(19)25)34(30,31)32;;/h2-10,23,25H,1H3,(H,27,28,29)(H,30,31,32);;. The van der Waals surface area contributed by atoms with Gasteiger partial charge in [-0.25, -0.2) is 4.68 Å². The first-order chi connectivity index (χ1) is 15.9. The zero-order chi connectivity index (χ0) is 24.8. The molecule has 4 N–H and O–H groups in total. The molecule has 0 atom stereocenters. The minimum absolute atomic E-state index is 0. The van der Waals surface area contributed by atoms with Crippen LogP contribution in [0.4, 0.5) is 11.4 Å². The summed E-state index contributed by atoms with van der Waals surface area (Å²) < 4.78 is 65.9. The number of aromatic nitrogens is 2. The Morgan fingerprint density at radius 3 is 2.06 bits per heavy atom. The van der Waals surface area contributed by atoms with Gasteiger partial charge in [0.05, 0.1) is 16.3 Å². The second-order valence-corrected chi connectivity index (χ2v) is 9.97. The molecule has 2 radical (unpaired) electrons. The average molecular weight is 550 g/mol. The third kappa shape index (κ3) is 5.99. The van der Waals surface area contributed by atoms with Crippen LogP contribution in [0.1, 0.15) is 5.69 Å². The Balaban J connectivity index is 0.00000228. The zero-order valence-corrected chi connectivity index (χ0v) is 24.9. The Kier molecular flexibility index (Phi) is 9.51. The van der Waals surface area contributed by atoms with Crippen molar-refractivity contribution in [3.05, 3.63) is 70.6 Å². The van der Waals surface area contributed by atoms with Gasteiger partial charge in [0.1, 0.15) is 16.3 Å². The van der Waals surface area contributed by atoms with Crippen molar-refractivity contribution in [2.45, 2.75) is 16.7 Å². The van der Waals surface area contributed by atoms with Gasteiger partial charge in [-0.1, -0.05) is 30.3 Å². The third-order valence-electron chi connectivity index (χ3n) is 4.90. The average Bonchev–Trinajstić information content (AvgIpc) is 3.05. The molecule has 0 fully saturated rings. The Morgan fingerprint density at radius 2 is 1.44 bits per heavy atom. The number of hydrogen-bond donors (Lipinski definition) is 4. The molecule has 3 aromatic carbocycles. The van der Waals surface area contributed by atoms with Crippen LogP contribution in [0.25, 0.3) is 16.5 Å². The number of phenols is 1. The summed E-state index contributed by atoms with van der Waals surface area (Å²) in [6, 6.07) is 11.8. The molecule has 12 nitrogen and oxygen atoms in total. The largest absolute Gasteiger partial charge is 0.506 e. The summed E-state index contributed by atoms with van der Waals surface area (Å²) >= 11 is 0. The van der Waals surface area contributed by atoms with Crippen molar-refractivity contribution in [3.8, 4) is 11.4 Å². The molecule has 0 spiro atoms. The normalized spacial score (nSPS) is 11.9. The van der Waals surface area contributed by atoms with Gasteiger partial charge >= 0.3 is 0 Å². The number of rotatable bonds is 5. The summed E-state index contributed by atoms with van der Waals surface area (Å²) in [6.45, 7) is 1.51. The van der Waals surface area contributed by atoms with Crippen molar-refractivity contribution >= 4 is 101 Å². The van der Waals surface area contributed by atoms with Gasteiger partial charge in [-0.15, -0.1) is 10.2 Å². The molecule has 0 saturated carbocycles. The molecule has 0 bridgehead atoms. The van der Waals surface area contributed by atoms with Gasteiger partial charge in [-0.3, -0.25) is 19.0 Å². The van der Waals surface area contributed by atoms with Crippen LogP contribution in [-0.2, 0) is 20.2 Å². The van der Waals surface area contributed by atoms with Crippen LogP contribution in [-0.4, -0.2) is 99.9 Å². The van der Waals surface area contributed by atoms with E-state index in [0.717, 1.165) is 22.9 Å². The molecule has 4 rings (SSSR count). The molecule has 36 heavy (non-hydrogen) atoms. The monoisotopic (exact) mass is 550 g/mol. The van der Waals surface area contributed by atoms with E-state index in [1.165, 1.54) is 37.3 Å². The van der Waals surface area contributed by atoms with Gasteiger partial charge in [0.2, 0.25) is 0 Å². The van der Waals surface area contributed by atoms with E-state index in [2.05, 4.69) is 15.3 Å². The van der Waals surface area contributed by atoms with Crippen molar-refractivity contribution in [1.29, 1.82) is 0 Å². The third-order valence-corrected chi connectivity index (χ3v) is 6.64. The van der Waals surface area contributed by atoms with Gasteiger partial charge in [0.25, 0.3) is 25.8 Å². The van der Waals surface area contributed by atoms with Crippen LogP contribution >= 0.6 is 0 Å². The van der Waals surface area contributed by atoms with E-state index in [4.69, 9.17) is 0 Å². The number of nitrogens with one attached hydrogen (secondary N) is 1. The molecule has 178 valence electrons. The SMILES string of the molecule is Cc1[nH]n(-c2cccc(S(=O)(=O)O)c2)c(=O)c1N=Nc1c(O)cc(S(=O)(=O)O)c2ccccc12.[Na].[Na]. The van der Waals surface area contributed by atoms with Crippen LogP contribution in [0.5, 0.6) is 5.75 Å². The number of benzene rings is 3. The molecule has 0 aliphatic heterocycles. The fraction of sp³-hybridized carbons (Fsp3) is 0.0500. The Morgan fingerprint density at radius 1 is 0.833 bits per heavy atom. The second-order valence-electron chi connectivity index (χ2n) is 7.16. The van der Waals surface area contributed by atoms with E-state index in [-0.39, 0.29) is 92.6 Å². The Labute approximate surface area is 249 Å². The summed E-state index contributed by atoms with van der Waals surface area (Å²) in [5.74, 6) is -0.593. The number of nitrogens with zero attached hydrogens (tertiary/aromatic N) is 3. The van der Waals surface area contributed by atoms with E-state index in [1.807, 2.05) is 0 Å². The molecule has 4 aromatic rings. The van der Waals surface area contributed by atoms with Crippen molar-refractivity contribution < 1.29 is 31.0 Å². The number of aryl methyl sites for hydroxylation is 1. The topological polar surface area (TPSA) is 191 Å². The van der Waals surface area contributed by atoms with Crippen molar-refractivity contribution in [2.24, 2.45) is 10.2 Å². The van der Waals surface area contributed by atoms with Crippen LogP contribution in [0, 0.1) is 6.92 Å². The smallest absolute Gasteiger partial charge is 0.299 e. The van der Waals surface area contributed by atoms with E-state index in [1.54, 1.807) is 6.07 Å². The maximum absolute atomic E-state index is 12.9. The first kappa shape index (κ1) is 30.4. The number of hydrogen-bond acceptors (Lipinski definition) is 8. The fourth-order valence-electron chi connectivity index (χ4n) is 3.35. The number of aromatic hydroxyl groups is 1.